The molecule has 0 bridgehead atoms. The summed E-state index contributed by atoms with van der Waals surface area (Å²) in [6.45, 7) is 1.99. The summed E-state index contributed by atoms with van der Waals surface area (Å²) in [4.78, 5) is 22.7. The van der Waals surface area contributed by atoms with Gasteiger partial charge in [0, 0.05) is 33.3 Å². The maximum atomic E-state index is 11.7. The molecule has 0 fully saturated rings. The van der Waals surface area contributed by atoms with Crippen molar-refractivity contribution >= 4 is 44.4 Å². The second kappa shape index (κ2) is 7.39. The topological polar surface area (TPSA) is 95.5 Å². The van der Waals surface area contributed by atoms with Crippen LogP contribution in [0.1, 0.15) is 17.3 Å². The van der Waals surface area contributed by atoms with Crippen molar-refractivity contribution in [2.75, 3.05) is 18.1 Å². The highest BCUT2D eigenvalue weighted by Crippen LogP contribution is 2.21. The number of amides is 2. The van der Waals surface area contributed by atoms with Crippen molar-refractivity contribution in [3.8, 4) is 0 Å². The van der Waals surface area contributed by atoms with E-state index in [0.29, 0.717) is 4.47 Å². The van der Waals surface area contributed by atoms with E-state index in [2.05, 4.69) is 26.6 Å². The number of benzene rings is 1. The molecule has 1 aromatic rings. The summed E-state index contributed by atoms with van der Waals surface area (Å²) in [6.07, 6.45) is 1.56. The van der Waals surface area contributed by atoms with Crippen LogP contribution < -0.4 is 10.6 Å². The molecule has 0 aliphatic heterocycles. The SMILES string of the molecule is CC(CNC(=O)Nc1cc(Br)ccc1C(=O)O)S(C)=O. The number of halogens is 1. The molecule has 0 aliphatic rings. The molecule has 2 atom stereocenters. The molecule has 0 saturated heterocycles. The molecular weight excluding hydrogens is 348 g/mol. The van der Waals surface area contributed by atoms with E-state index < -0.39 is 22.8 Å². The van der Waals surface area contributed by atoms with Crippen LogP contribution >= 0.6 is 15.9 Å². The van der Waals surface area contributed by atoms with Gasteiger partial charge in [0.05, 0.1) is 11.3 Å². The number of carbonyl (C=O) groups excluding carboxylic acids is 1. The van der Waals surface area contributed by atoms with Crippen molar-refractivity contribution in [3.05, 3.63) is 28.2 Å². The molecule has 2 amide bonds. The minimum absolute atomic E-state index is 0.00420. The minimum atomic E-state index is -1.13. The van der Waals surface area contributed by atoms with Crippen LogP contribution in [0.25, 0.3) is 0 Å². The van der Waals surface area contributed by atoms with Gasteiger partial charge in [-0.05, 0) is 25.1 Å². The molecule has 0 aliphatic carbocycles. The largest absolute Gasteiger partial charge is 0.478 e. The first-order valence-electron chi connectivity index (χ1n) is 5.71. The van der Waals surface area contributed by atoms with Crippen molar-refractivity contribution in [3.63, 3.8) is 0 Å². The highest BCUT2D eigenvalue weighted by Gasteiger charge is 2.14. The summed E-state index contributed by atoms with van der Waals surface area (Å²) < 4.78 is 11.8. The van der Waals surface area contributed by atoms with E-state index in [-0.39, 0.29) is 23.0 Å². The summed E-state index contributed by atoms with van der Waals surface area (Å²) >= 11 is 3.21. The number of hydrogen-bond acceptors (Lipinski definition) is 3. The standard InChI is InChI=1S/C12H15BrN2O4S/c1-7(20(2)19)6-14-12(18)15-10-5-8(13)3-4-9(10)11(16)17/h3-5,7H,6H2,1-2H3,(H,16,17)(H2,14,15,18). The van der Waals surface area contributed by atoms with Gasteiger partial charge in [0.2, 0.25) is 0 Å². The lowest BCUT2D eigenvalue weighted by atomic mass is 10.2. The van der Waals surface area contributed by atoms with Crippen molar-refractivity contribution in [2.24, 2.45) is 0 Å². The summed E-state index contributed by atoms with van der Waals surface area (Å²) in [5.74, 6) is -1.13. The molecule has 20 heavy (non-hydrogen) atoms. The lowest BCUT2D eigenvalue weighted by Gasteiger charge is -2.12. The zero-order chi connectivity index (χ0) is 15.3. The number of rotatable bonds is 5. The zero-order valence-corrected chi connectivity index (χ0v) is 13.4. The molecule has 2 unspecified atom stereocenters. The van der Waals surface area contributed by atoms with E-state index in [4.69, 9.17) is 5.11 Å². The van der Waals surface area contributed by atoms with Crippen molar-refractivity contribution < 1.29 is 18.9 Å². The quantitative estimate of drug-likeness (QED) is 0.746. The van der Waals surface area contributed by atoms with Gasteiger partial charge < -0.3 is 15.7 Å². The highest BCUT2D eigenvalue weighted by molar-refractivity contribution is 9.10. The van der Waals surface area contributed by atoms with Gasteiger partial charge in [0.25, 0.3) is 0 Å². The monoisotopic (exact) mass is 362 g/mol. The number of carboxylic acids is 1. The second-order valence-corrected chi connectivity index (χ2v) is 6.86. The summed E-state index contributed by atoms with van der Waals surface area (Å²) in [5, 5.41) is 13.9. The Morgan fingerprint density at radius 1 is 1.45 bits per heavy atom. The van der Waals surface area contributed by atoms with Crippen LogP contribution in [-0.4, -0.2) is 39.4 Å². The Morgan fingerprint density at radius 3 is 2.65 bits per heavy atom. The smallest absolute Gasteiger partial charge is 0.337 e. The van der Waals surface area contributed by atoms with E-state index in [9.17, 15) is 13.8 Å². The predicted octanol–water partition coefficient (Wildman–Crippen LogP) is 2.04. The minimum Gasteiger partial charge on any atom is -0.478 e. The number of anilines is 1. The molecule has 8 heteroatoms. The van der Waals surface area contributed by atoms with Gasteiger partial charge in [-0.1, -0.05) is 15.9 Å². The molecule has 0 spiro atoms. The Bertz CT molecular complexity index is 550. The first-order chi connectivity index (χ1) is 9.31. The Hall–Kier alpha value is -1.41. The van der Waals surface area contributed by atoms with Crippen molar-refractivity contribution in [2.45, 2.75) is 12.2 Å². The van der Waals surface area contributed by atoms with Crippen LogP contribution in [0.5, 0.6) is 0 Å². The number of carboxylic acid groups (broad SMARTS) is 1. The van der Waals surface area contributed by atoms with Crippen LogP contribution in [0.3, 0.4) is 0 Å². The fraction of sp³-hybridized carbons (Fsp3) is 0.333. The second-order valence-electron chi connectivity index (χ2n) is 4.14. The van der Waals surface area contributed by atoms with E-state index in [0.717, 1.165) is 0 Å². The maximum Gasteiger partial charge on any atom is 0.337 e. The van der Waals surface area contributed by atoms with Crippen LogP contribution in [0.2, 0.25) is 0 Å². The van der Waals surface area contributed by atoms with E-state index >= 15 is 0 Å². The van der Waals surface area contributed by atoms with Gasteiger partial charge in [0.15, 0.2) is 0 Å². The molecule has 6 nitrogen and oxygen atoms in total. The third kappa shape index (κ3) is 4.93. The zero-order valence-electron chi connectivity index (χ0n) is 11.0. The van der Waals surface area contributed by atoms with Crippen molar-refractivity contribution in [1.29, 1.82) is 0 Å². The average molecular weight is 363 g/mol. The van der Waals surface area contributed by atoms with Gasteiger partial charge >= 0.3 is 12.0 Å². The number of nitrogens with one attached hydrogen (secondary N) is 2. The summed E-state index contributed by atoms with van der Waals surface area (Å²) in [7, 11) is -1.03. The van der Waals surface area contributed by atoms with Crippen LogP contribution in [0, 0.1) is 0 Å². The maximum absolute atomic E-state index is 11.7. The van der Waals surface area contributed by atoms with Gasteiger partial charge in [-0.15, -0.1) is 0 Å². The number of hydrogen-bond donors (Lipinski definition) is 3. The molecule has 0 aromatic heterocycles. The van der Waals surface area contributed by atoms with E-state index in [1.54, 1.807) is 19.2 Å². The molecular formula is C12H15BrN2O4S. The first kappa shape index (κ1) is 16.6. The molecule has 0 radical (unpaired) electrons. The van der Waals surface area contributed by atoms with Crippen molar-refractivity contribution in [1.82, 2.24) is 5.32 Å². The van der Waals surface area contributed by atoms with Gasteiger partial charge in [-0.25, -0.2) is 9.59 Å². The summed E-state index contributed by atoms with van der Waals surface area (Å²) in [5.41, 5.74) is 0.185. The molecule has 1 aromatic carbocycles. The lowest BCUT2D eigenvalue weighted by Crippen LogP contribution is -2.35. The summed E-state index contributed by atoms with van der Waals surface area (Å²) in [6, 6.07) is 3.94. The Morgan fingerprint density at radius 2 is 2.10 bits per heavy atom. The van der Waals surface area contributed by atoms with Gasteiger partial charge in [0.1, 0.15) is 0 Å². The van der Waals surface area contributed by atoms with Crippen LogP contribution in [-0.2, 0) is 10.8 Å². The molecule has 3 N–H and O–H groups in total. The predicted molar refractivity (Wildman–Crippen MR) is 81.7 cm³/mol. The highest BCUT2D eigenvalue weighted by atomic mass is 79.9. The molecule has 0 heterocycles. The Balaban J connectivity index is 2.73. The van der Waals surface area contributed by atoms with Crippen LogP contribution in [0.15, 0.2) is 22.7 Å². The number of carbonyl (C=O) groups is 2. The average Bonchev–Trinajstić information content (AvgIpc) is 2.35. The normalized spacial score (nSPS) is 13.3. The Kier molecular flexibility index (Phi) is 6.15. The fourth-order valence-corrected chi connectivity index (χ4v) is 2.01. The molecule has 0 saturated carbocycles. The first-order valence-corrected chi connectivity index (χ1v) is 8.12. The third-order valence-electron chi connectivity index (χ3n) is 2.58. The molecule has 110 valence electrons. The fourth-order valence-electron chi connectivity index (χ4n) is 1.33. The van der Waals surface area contributed by atoms with E-state index in [1.165, 1.54) is 12.1 Å². The number of urea groups is 1. The lowest BCUT2D eigenvalue weighted by molar-refractivity contribution is 0.0698. The van der Waals surface area contributed by atoms with Gasteiger partial charge in [-0.2, -0.15) is 0 Å². The Labute approximate surface area is 127 Å². The van der Waals surface area contributed by atoms with E-state index in [1.807, 2.05) is 0 Å². The molecule has 1 rings (SSSR count). The number of aromatic carboxylic acids is 1. The van der Waals surface area contributed by atoms with Gasteiger partial charge in [-0.3, -0.25) is 4.21 Å². The third-order valence-corrected chi connectivity index (χ3v) is 4.37. The van der Waals surface area contributed by atoms with Crippen LogP contribution in [0.4, 0.5) is 10.5 Å².